The number of hydrogen-bond donors (Lipinski definition) is 5. The molecule has 0 aliphatic carbocycles. The molecule has 5 N–H and O–H groups in total. The lowest BCUT2D eigenvalue weighted by atomic mass is 10.1. The van der Waals surface area contributed by atoms with Gasteiger partial charge in [0.05, 0.1) is 6.61 Å². The monoisotopic (exact) mass is 404 g/mol. The normalized spacial score (nSPS) is 9.88. The topological polar surface area (TPSA) is 127 Å². The Balaban J connectivity index is -0.000000224. The maximum Gasteiger partial charge on any atom is 0.469 e. The van der Waals surface area contributed by atoms with Crippen molar-refractivity contribution in [3.63, 3.8) is 0 Å². The van der Waals surface area contributed by atoms with Crippen LogP contribution in [-0.2, 0) is 9.09 Å². The molecule has 0 fully saturated rings. The smallest absolute Gasteiger partial charge is 0.397 e. The van der Waals surface area contributed by atoms with E-state index in [1.807, 2.05) is 0 Å². The summed E-state index contributed by atoms with van der Waals surface area (Å²) >= 11 is 0. The molecule has 26 heavy (non-hydrogen) atoms. The van der Waals surface area contributed by atoms with Gasteiger partial charge < -0.3 is 25.1 Å². The first-order chi connectivity index (χ1) is 12.3. The van der Waals surface area contributed by atoms with Crippen molar-refractivity contribution in [3.8, 4) is 0 Å². The van der Waals surface area contributed by atoms with Crippen LogP contribution in [0, 0.1) is 0 Å². The zero-order valence-corrected chi connectivity index (χ0v) is 18.3. The molecule has 0 aliphatic rings. The van der Waals surface area contributed by atoms with Gasteiger partial charge in [0.2, 0.25) is 0 Å². The van der Waals surface area contributed by atoms with Crippen LogP contribution in [0.25, 0.3) is 0 Å². The Morgan fingerprint density at radius 3 is 1.15 bits per heavy atom. The van der Waals surface area contributed by atoms with Gasteiger partial charge in [-0.25, -0.2) is 4.57 Å². The number of aliphatic hydroxyl groups excluding tert-OH is 3. The van der Waals surface area contributed by atoms with Crippen molar-refractivity contribution >= 4 is 7.82 Å². The van der Waals surface area contributed by atoms with Gasteiger partial charge >= 0.3 is 7.82 Å². The molecule has 0 saturated carbocycles. The summed E-state index contributed by atoms with van der Waals surface area (Å²) in [7, 11) is -4.24. The maximum absolute atomic E-state index is 10.4. The van der Waals surface area contributed by atoms with Crippen LogP contribution in [0.3, 0.4) is 0 Å². The lowest BCUT2D eigenvalue weighted by molar-refractivity contribution is 0.193. The molecule has 0 unspecified atom stereocenters. The second kappa shape index (κ2) is 32.6. The summed E-state index contributed by atoms with van der Waals surface area (Å²) in [4.78, 5) is 16.9. The Labute approximate surface area is 161 Å². The third-order valence-corrected chi connectivity index (χ3v) is 3.28. The van der Waals surface area contributed by atoms with Gasteiger partial charge in [0.1, 0.15) is 0 Å². The minimum absolute atomic E-state index is 0.167. The fourth-order valence-electron chi connectivity index (χ4n) is 1.77. The summed E-state index contributed by atoms with van der Waals surface area (Å²) < 4.78 is 14.7. The summed E-state index contributed by atoms with van der Waals surface area (Å²) in [6.07, 6.45) is 12.0. The minimum Gasteiger partial charge on any atom is -0.397 e. The van der Waals surface area contributed by atoms with E-state index in [0.29, 0.717) is 0 Å². The van der Waals surface area contributed by atoms with Crippen molar-refractivity contribution in [2.24, 2.45) is 0 Å². The van der Waals surface area contributed by atoms with E-state index in [0.717, 1.165) is 19.3 Å². The standard InChI is InChI=1S/C12H27O4P.3C2H6O/c1-2-3-4-5-6-7-8-9-10-11-12-16-17(13,14)15;3*1-2-3/h2-12H2,1H3,(H2,13,14,15);3*3H,2H2,1H3. The maximum atomic E-state index is 10.4. The first-order valence-electron chi connectivity index (χ1n) is 9.83. The number of hydrogen-bond acceptors (Lipinski definition) is 5. The molecule has 0 aromatic heterocycles. The molecule has 0 spiro atoms. The van der Waals surface area contributed by atoms with Crippen molar-refractivity contribution in [1.29, 1.82) is 0 Å². The number of phosphoric ester groups is 1. The molecular weight excluding hydrogens is 359 g/mol. The average molecular weight is 405 g/mol. The van der Waals surface area contributed by atoms with Gasteiger partial charge in [0.25, 0.3) is 0 Å². The SMILES string of the molecule is CCCCCCCCCCCCOP(=O)(O)O.CCO.CCO.CCO. The number of aliphatic hydroxyl groups is 3. The van der Waals surface area contributed by atoms with Crippen molar-refractivity contribution in [2.45, 2.75) is 91.9 Å². The summed E-state index contributed by atoms with van der Waals surface area (Å²) in [5.41, 5.74) is 0. The van der Waals surface area contributed by atoms with Gasteiger partial charge in [-0.3, -0.25) is 4.52 Å². The van der Waals surface area contributed by atoms with Crippen LogP contribution in [0.1, 0.15) is 91.9 Å². The minimum atomic E-state index is -4.24. The molecule has 0 aromatic rings. The van der Waals surface area contributed by atoms with Gasteiger partial charge in [0, 0.05) is 19.8 Å². The third-order valence-electron chi connectivity index (χ3n) is 2.76. The molecule has 0 rings (SSSR count). The van der Waals surface area contributed by atoms with Gasteiger partial charge in [-0.1, -0.05) is 64.7 Å². The second-order valence-corrected chi connectivity index (χ2v) is 6.69. The van der Waals surface area contributed by atoms with E-state index in [-0.39, 0.29) is 26.4 Å². The fourth-order valence-corrected chi connectivity index (χ4v) is 2.14. The number of phosphoric acid groups is 1. The van der Waals surface area contributed by atoms with Crippen LogP contribution < -0.4 is 0 Å². The Morgan fingerprint density at radius 2 is 0.885 bits per heavy atom. The van der Waals surface area contributed by atoms with Crippen LogP contribution in [-0.4, -0.2) is 51.5 Å². The molecule has 0 radical (unpaired) electrons. The van der Waals surface area contributed by atoms with Gasteiger partial charge in [-0.15, -0.1) is 0 Å². The predicted octanol–water partition coefficient (Wildman–Crippen LogP) is 4.01. The second-order valence-electron chi connectivity index (χ2n) is 5.45. The van der Waals surface area contributed by atoms with Crippen LogP contribution in [0.2, 0.25) is 0 Å². The van der Waals surface area contributed by atoms with E-state index in [1.54, 1.807) is 20.8 Å². The van der Waals surface area contributed by atoms with Gasteiger partial charge in [-0.05, 0) is 27.2 Å². The summed E-state index contributed by atoms with van der Waals surface area (Å²) in [5, 5.41) is 22.7. The largest absolute Gasteiger partial charge is 0.469 e. The van der Waals surface area contributed by atoms with Crippen molar-refractivity contribution in [3.05, 3.63) is 0 Å². The Morgan fingerprint density at radius 1 is 0.615 bits per heavy atom. The van der Waals surface area contributed by atoms with Crippen LogP contribution >= 0.6 is 7.82 Å². The van der Waals surface area contributed by atoms with Gasteiger partial charge in [0.15, 0.2) is 0 Å². The Hall–Kier alpha value is -0.0100. The summed E-state index contributed by atoms with van der Waals surface area (Å²) in [6, 6.07) is 0. The Kier molecular flexibility index (Phi) is 42.1. The molecule has 164 valence electrons. The zero-order valence-electron chi connectivity index (χ0n) is 17.4. The van der Waals surface area contributed by atoms with E-state index >= 15 is 0 Å². The predicted molar refractivity (Wildman–Crippen MR) is 108 cm³/mol. The molecule has 0 bridgehead atoms. The van der Waals surface area contributed by atoms with E-state index in [2.05, 4.69) is 11.4 Å². The fraction of sp³-hybridized carbons (Fsp3) is 1.00. The highest BCUT2D eigenvalue weighted by molar-refractivity contribution is 7.46. The first-order valence-corrected chi connectivity index (χ1v) is 11.4. The highest BCUT2D eigenvalue weighted by Crippen LogP contribution is 2.35. The average Bonchev–Trinajstić information content (AvgIpc) is 2.54. The molecule has 0 amide bonds. The zero-order chi connectivity index (χ0) is 21.1. The lowest BCUT2D eigenvalue weighted by Gasteiger charge is -2.05. The molecule has 0 saturated heterocycles. The Bertz CT molecular complexity index is 243. The van der Waals surface area contributed by atoms with E-state index in [9.17, 15) is 4.57 Å². The van der Waals surface area contributed by atoms with Crippen LogP contribution in [0.15, 0.2) is 0 Å². The molecule has 8 heteroatoms. The van der Waals surface area contributed by atoms with Crippen molar-refractivity contribution < 1.29 is 34.2 Å². The van der Waals surface area contributed by atoms with Crippen LogP contribution in [0.5, 0.6) is 0 Å². The molecular formula is C18H45O7P. The van der Waals surface area contributed by atoms with Gasteiger partial charge in [-0.2, -0.15) is 0 Å². The van der Waals surface area contributed by atoms with Crippen molar-refractivity contribution in [1.82, 2.24) is 0 Å². The highest BCUT2D eigenvalue weighted by atomic mass is 31.2. The summed E-state index contributed by atoms with van der Waals surface area (Å²) in [5.74, 6) is 0. The number of rotatable bonds is 12. The van der Waals surface area contributed by atoms with Crippen LogP contribution in [0.4, 0.5) is 0 Å². The number of unbranched alkanes of at least 4 members (excludes halogenated alkanes) is 9. The quantitative estimate of drug-likeness (QED) is 0.246. The molecule has 0 heterocycles. The lowest BCUT2D eigenvalue weighted by Crippen LogP contribution is -1.92. The highest BCUT2D eigenvalue weighted by Gasteiger charge is 2.12. The molecule has 0 aromatic carbocycles. The van der Waals surface area contributed by atoms with E-state index < -0.39 is 7.82 Å². The first kappa shape index (κ1) is 33.6. The molecule has 0 aliphatic heterocycles. The van der Waals surface area contributed by atoms with E-state index in [1.165, 1.54) is 44.9 Å². The third kappa shape index (κ3) is 64.8. The van der Waals surface area contributed by atoms with Crippen molar-refractivity contribution in [2.75, 3.05) is 26.4 Å². The summed E-state index contributed by atoms with van der Waals surface area (Å²) in [6.45, 7) is 8.18. The van der Waals surface area contributed by atoms with E-state index in [4.69, 9.17) is 25.1 Å². The molecule has 7 nitrogen and oxygen atoms in total. The molecule has 0 atom stereocenters.